The van der Waals surface area contributed by atoms with E-state index in [1.165, 1.54) is 43.4 Å². The molecule has 90 valence electrons. The standard InChI is InChI=1S/C13H18Cl2S/c14-11(12-8-9-13(15)16-12)7-6-10-4-2-1-3-5-10/h8-11H,1-7H2. The summed E-state index contributed by atoms with van der Waals surface area (Å²) in [5.74, 6) is 0.922. The third-order valence-corrected chi connectivity index (χ3v) is 5.38. The van der Waals surface area contributed by atoms with Gasteiger partial charge in [-0.3, -0.25) is 0 Å². The summed E-state index contributed by atoms with van der Waals surface area (Å²) in [4.78, 5) is 1.22. The molecule has 0 amide bonds. The van der Waals surface area contributed by atoms with Gasteiger partial charge in [-0.05, 0) is 30.9 Å². The van der Waals surface area contributed by atoms with Crippen LogP contribution in [0.4, 0.5) is 0 Å². The molecule has 0 aromatic carbocycles. The van der Waals surface area contributed by atoms with E-state index in [0.29, 0.717) is 0 Å². The molecule has 0 nitrogen and oxygen atoms in total. The van der Waals surface area contributed by atoms with E-state index < -0.39 is 0 Å². The Hall–Kier alpha value is 0.280. The SMILES string of the molecule is Clc1ccc(C(Cl)CCC2CCCCC2)s1. The number of rotatable bonds is 4. The minimum Gasteiger partial charge on any atom is -0.127 e. The average Bonchev–Trinajstić information content (AvgIpc) is 2.74. The predicted molar refractivity (Wildman–Crippen MR) is 73.7 cm³/mol. The zero-order chi connectivity index (χ0) is 11.4. The number of thiophene rings is 1. The van der Waals surface area contributed by atoms with Crippen molar-refractivity contribution in [2.75, 3.05) is 0 Å². The summed E-state index contributed by atoms with van der Waals surface area (Å²) in [6.07, 6.45) is 9.47. The van der Waals surface area contributed by atoms with Gasteiger partial charge in [0, 0.05) is 4.88 Å². The smallest absolute Gasteiger partial charge is 0.0931 e. The molecule has 1 atom stereocenters. The molecule has 0 spiro atoms. The first kappa shape index (κ1) is 12.7. The molecule has 1 unspecified atom stereocenters. The third kappa shape index (κ3) is 3.65. The molecule has 0 saturated heterocycles. The van der Waals surface area contributed by atoms with Crippen molar-refractivity contribution in [3.63, 3.8) is 0 Å². The van der Waals surface area contributed by atoms with E-state index in [4.69, 9.17) is 23.2 Å². The number of hydrogen-bond donors (Lipinski definition) is 0. The van der Waals surface area contributed by atoms with Gasteiger partial charge in [-0.1, -0.05) is 43.7 Å². The summed E-state index contributed by atoms with van der Waals surface area (Å²) in [5.41, 5.74) is 0. The largest absolute Gasteiger partial charge is 0.127 e. The minimum atomic E-state index is 0.166. The molecule has 1 aliphatic rings. The summed E-state index contributed by atoms with van der Waals surface area (Å²) < 4.78 is 0.846. The molecule has 1 saturated carbocycles. The summed E-state index contributed by atoms with van der Waals surface area (Å²) in [7, 11) is 0. The fourth-order valence-electron chi connectivity index (χ4n) is 2.50. The van der Waals surface area contributed by atoms with E-state index in [1.54, 1.807) is 11.3 Å². The lowest BCUT2D eigenvalue weighted by atomic mass is 9.86. The molecule has 0 aliphatic heterocycles. The topological polar surface area (TPSA) is 0 Å². The zero-order valence-corrected chi connectivity index (χ0v) is 11.8. The fourth-order valence-corrected chi connectivity index (χ4v) is 3.90. The van der Waals surface area contributed by atoms with Crippen molar-refractivity contribution < 1.29 is 0 Å². The Bertz CT molecular complexity index is 315. The van der Waals surface area contributed by atoms with Crippen molar-refractivity contribution in [1.82, 2.24) is 0 Å². The first-order valence-electron chi connectivity index (χ1n) is 6.15. The van der Waals surface area contributed by atoms with Crippen molar-refractivity contribution in [2.45, 2.75) is 50.3 Å². The first-order valence-corrected chi connectivity index (χ1v) is 7.78. The van der Waals surface area contributed by atoms with Gasteiger partial charge in [0.25, 0.3) is 0 Å². The van der Waals surface area contributed by atoms with Gasteiger partial charge >= 0.3 is 0 Å². The number of alkyl halides is 1. The summed E-state index contributed by atoms with van der Waals surface area (Å²) in [6, 6.07) is 4.00. The van der Waals surface area contributed by atoms with Crippen LogP contribution in [0.5, 0.6) is 0 Å². The lowest BCUT2D eigenvalue weighted by Gasteiger charge is -2.22. The molecule has 16 heavy (non-hydrogen) atoms. The normalized spacial score (nSPS) is 19.9. The fraction of sp³-hybridized carbons (Fsp3) is 0.692. The van der Waals surface area contributed by atoms with Gasteiger partial charge in [0.05, 0.1) is 9.71 Å². The minimum absolute atomic E-state index is 0.166. The van der Waals surface area contributed by atoms with Crippen molar-refractivity contribution in [2.24, 2.45) is 5.92 Å². The van der Waals surface area contributed by atoms with Crippen molar-refractivity contribution in [3.8, 4) is 0 Å². The molecular formula is C13H18Cl2S. The molecule has 1 aromatic heterocycles. The lowest BCUT2D eigenvalue weighted by molar-refractivity contribution is 0.331. The highest BCUT2D eigenvalue weighted by Gasteiger charge is 2.16. The van der Waals surface area contributed by atoms with Crippen LogP contribution in [0.1, 0.15) is 55.2 Å². The summed E-state index contributed by atoms with van der Waals surface area (Å²) in [5, 5.41) is 0.166. The molecule has 3 heteroatoms. The number of hydrogen-bond acceptors (Lipinski definition) is 1. The highest BCUT2D eigenvalue weighted by molar-refractivity contribution is 7.16. The van der Waals surface area contributed by atoms with Crippen LogP contribution in [0.25, 0.3) is 0 Å². The van der Waals surface area contributed by atoms with Crippen LogP contribution in [-0.2, 0) is 0 Å². The summed E-state index contributed by atoms with van der Waals surface area (Å²) in [6.45, 7) is 0. The van der Waals surface area contributed by atoms with Crippen molar-refractivity contribution in [1.29, 1.82) is 0 Å². The molecule has 1 fully saturated rings. The van der Waals surface area contributed by atoms with Gasteiger partial charge in [-0.2, -0.15) is 0 Å². The van der Waals surface area contributed by atoms with E-state index in [0.717, 1.165) is 16.7 Å². The molecule has 0 N–H and O–H groups in total. The second kappa shape index (κ2) is 6.28. The molecule has 0 bridgehead atoms. The van der Waals surface area contributed by atoms with E-state index in [-0.39, 0.29) is 5.38 Å². The van der Waals surface area contributed by atoms with Crippen LogP contribution in [0.3, 0.4) is 0 Å². The quantitative estimate of drug-likeness (QED) is 0.588. The Morgan fingerprint density at radius 3 is 2.62 bits per heavy atom. The maximum atomic E-state index is 6.39. The zero-order valence-electron chi connectivity index (χ0n) is 9.42. The van der Waals surface area contributed by atoms with Gasteiger partial charge < -0.3 is 0 Å². The molecular weight excluding hydrogens is 259 g/mol. The molecule has 1 aliphatic carbocycles. The van der Waals surface area contributed by atoms with Gasteiger partial charge in [-0.25, -0.2) is 0 Å². The maximum Gasteiger partial charge on any atom is 0.0931 e. The van der Waals surface area contributed by atoms with Gasteiger partial charge in [0.15, 0.2) is 0 Å². The van der Waals surface area contributed by atoms with Crippen LogP contribution in [-0.4, -0.2) is 0 Å². The average molecular weight is 277 g/mol. The second-order valence-corrected chi connectivity index (χ2v) is 6.96. The summed E-state index contributed by atoms with van der Waals surface area (Å²) >= 11 is 13.9. The van der Waals surface area contributed by atoms with Gasteiger partial charge in [-0.15, -0.1) is 22.9 Å². The van der Waals surface area contributed by atoms with Crippen molar-refractivity contribution >= 4 is 34.5 Å². The monoisotopic (exact) mass is 276 g/mol. The number of halogens is 2. The second-order valence-electron chi connectivity index (χ2n) is 4.69. The van der Waals surface area contributed by atoms with Gasteiger partial charge in [0.2, 0.25) is 0 Å². The van der Waals surface area contributed by atoms with E-state index >= 15 is 0 Å². The maximum absolute atomic E-state index is 6.39. The Labute approximate surface area is 112 Å². The van der Waals surface area contributed by atoms with Crippen LogP contribution >= 0.6 is 34.5 Å². The first-order chi connectivity index (χ1) is 7.75. The Kier molecular flexibility index (Phi) is 4.99. The molecule has 1 aromatic rings. The highest BCUT2D eigenvalue weighted by Crippen LogP contribution is 2.36. The molecule has 1 heterocycles. The third-order valence-electron chi connectivity index (χ3n) is 3.46. The van der Waals surface area contributed by atoms with Crippen LogP contribution in [0.15, 0.2) is 12.1 Å². The van der Waals surface area contributed by atoms with Crippen LogP contribution < -0.4 is 0 Å². The van der Waals surface area contributed by atoms with E-state index in [2.05, 4.69) is 6.07 Å². The van der Waals surface area contributed by atoms with Crippen molar-refractivity contribution in [3.05, 3.63) is 21.3 Å². The predicted octanol–water partition coefficient (Wildman–Crippen LogP) is 6.04. The Morgan fingerprint density at radius 2 is 2.00 bits per heavy atom. The Balaban J connectivity index is 1.76. The van der Waals surface area contributed by atoms with Crippen LogP contribution in [0, 0.1) is 5.92 Å². The molecule has 2 rings (SSSR count). The van der Waals surface area contributed by atoms with E-state index in [9.17, 15) is 0 Å². The highest BCUT2D eigenvalue weighted by atomic mass is 35.5. The van der Waals surface area contributed by atoms with Crippen LogP contribution in [0.2, 0.25) is 4.34 Å². The lowest BCUT2D eigenvalue weighted by Crippen LogP contribution is -2.06. The Morgan fingerprint density at radius 1 is 1.25 bits per heavy atom. The van der Waals surface area contributed by atoms with Gasteiger partial charge in [0.1, 0.15) is 0 Å². The molecule has 0 radical (unpaired) electrons. The van der Waals surface area contributed by atoms with E-state index in [1.807, 2.05) is 6.07 Å².